The average molecular weight is 284 g/mol. The molecule has 6 heteroatoms. The molecule has 0 saturated carbocycles. The molecule has 0 heterocycles. The summed E-state index contributed by atoms with van der Waals surface area (Å²) in [6, 6.07) is 7.63. The highest BCUT2D eigenvalue weighted by molar-refractivity contribution is 7.81. The van der Waals surface area contributed by atoms with Crippen molar-refractivity contribution in [2.75, 3.05) is 11.5 Å². The van der Waals surface area contributed by atoms with Crippen molar-refractivity contribution in [1.29, 1.82) is 0 Å². The number of hydrogen-bond acceptors (Lipinski definition) is 4. The van der Waals surface area contributed by atoms with Crippen LogP contribution < -0.4 is 10.6 Å². The lowest BCUT2D eigenvalue weighted by atomic mass is 10.1. The molecule has 1 aromatic rings. The van der Waals surface area contributed by atoms with Gasteiger partial charge in [-0.1, -0.05) is 24.3 Å². The first kappa shape index (κ1) is 14.9. The molecule has 0 atom stereocenters. The molecule has 0 aromatic heterocycles. The Balaban J connectivity index is 2.61. The van der Waals surface area contributed by atoms with Crippen molar-refractivity contribution < 1.29 is 9.59 Å². The zero-order valence-electron chi connectivity index (χ0n) is 9.85. The minimum atomic E-state index is -0.118. The monoisotopic (exact) mass is 284 g/mol. The van der Waals surface area contributed by atoms with Crippen LogP contribution in [-0.4, -0.2) is 23.3 Å². The second-order valence-corrected chi connectivity index (χ2v) is 4.27. The standard InChI is InChI=1S/C12H16N2O2S2/c15-11(7-17)13-5-9-3-1-2-4-10(9)6-14-12(16)8-18/h1-4,17-18H,5-8H2,(H,13,15)(H,14,16). The van der Waals surface area contributed by atoms with Gasteiger partial charge in [-0.25, -0.2) is 0 Å². The maximum Gasteiger partial charge on any atom is 0.229 e. The predicted octanol–water partition coefficient (Wildman–Crippen LogP) is 0.779. The van der Waals surface area contributed by atoms with Crippen LogP contribution in [-0.2, 0) is 22.7 Å². The van der Waals surface area contributed by atoms with Gasteiger partial charge in [0.15, 0.2) is 0 Å². The van der Waals surface area contributed by atoms with Crippen molar-refractivity contribution in [3.05, 3.63) is 35.4 Å². The van der Waals surface area contributed by atoms with Gasteiger partial charge in [0.1, 0.15) is 0 Å². The second-order valence-electron chi connectivity index (χ2n) is 3.64. The van der Waals surface area contributed by atoms with Crippen LogP contribution in [0, 0.1) is 0 Å². The van der Waals surface area contributed by atoms with Gasteiger partial charge in [0, 0.05) is 13.1 Å². The second kappa shape index (κ2) is 8.05. The number of amides is 2. The molecule has 0 unspecified atom stereocenters. The highest BCUT2D eigenvalue weighted by Gasteiger charge is 2.05. The van der Waals surface area contributed by atoms with E-state index in [9.17, 15) is 9.59 Å². The summed E-state index contributed by atoms with van der Waals surface area (Å²) in [5, 5.41) is 5.50. The number of nitrogens with one attached hydrogen (secondary N) is 2. The first-order valence-corrected chi connectivity index (χ1v) is 6.75. The molecular formula is C12H16N2O2S2. The van der Waals surface area contributed by atoms with Crippen molar-refractivity contribution >= 4 is 37.1 Å². The van der Waals surface area contributed by atoms with E-state index in [-0.39, 0.29) is 23.3 Å². The highest BCUT2D eigenvalue weighted by atomic mass is 32.1. The molecule has 0 aliphatic rings. The van der Waals surface area contributed by atoms with Gasteiger partial charge in [-0.3, -0.25) is 9.59 Å². The number of benzene rings is 1. The third-order valence-corrected chi connectivity index (χ3v) is 2.93. The van der Waals surface area contributed by atoms with Crippen LogP contribution >= 0.6 is 25.3 Å². The molecule has 0 spiro atoms. The lowest BCUT2D eigenvalue weighted by Gasteiger charge is -2.10. The van der Waals surface area contributed by atoms with Crippen molar-refractivity contribution in [3.63, 3.8) is 0 Å². The topological polar surface area (TPSA) is 58.2 Å². The molecule has 1 aromatic carbocycles. The molecule has 4 nitrogen and oxygen atoms in total. The zero-order chi connectivity index (χ0) is 13.4. The Labute approximate surface area is 117 Å². The van der Waals surface area contributed by atoms with Gasteiger partial charge >= 0.3 is 0 Å². The molecule has 0 fully saturated rings. The fourth-order valence-electron chi connectivity index (χ4n) is 1.40. The SMILES string of the molecule is O=C(CS)NCc1ccccc1CNC(=O)CS. The Morgan fingerprint density at radius 2 is 1.28 bits per heavy atom. The Morgan fingerprint density at radius 1 is 0.889 bits per heavy atom. The van der Waals surface area contributed by atoms with Gasteiger partial charge in [0.25, 0.3) is 0 Å². The molecule has 98 valence electrons. The van der Waals surface area contributed by atoms with E-state index in [1.807, 2.05) is 24.3 Å². The summed E-state index contributed by atoms with van der Waals surface area (Å²) in [6.07, 6.45) is 0. The van der Waals surface area contributed by atoms with E-state index in [1.165, 1.54) is 0 Å². The summed E-state index contributed by atoms with van der Waals surface area (Å²) >= 11 is 7.78. The lowest BCUT2D eigenvalue weighted by molar-refractivity contribution is -0.119. The van der Waals surface area contributed by atoms with Gasteiger partial charge in [0.2, 0.25) is 11.8 Å². The maximum atomic E-state index is 11.1. The molecule has 2 amide bonds. The van der Waals surface area contributed by atoms with Crippen LogP contribution in [0.3, 0.4) is 0 Å². The Morgan fingerprint density at radius 3 is 1.61 bits per heavy atom. The Bertz CT molecular complexity index is 385. The Hall–Kier alpha value is -1.14. The van der Waals surface area contributed by atoms with Crippen LogP contribution in [0.25, 0.3) is 0 Å². The third kappa shape index (κ3) is 5.01. The van der Waals surface area contributed by atoms with Crippen LogP contribution in [0.5, 0.6) is 0 Å². The lowest BCUT2D eigenvalue weighted by Crippen LogP contribution is -2.27. The molecule has 1 rings (SSSR count). The molecule has 0 saturated heterocycles. The normalized spacial score (nSPS) is 9.89. The number of rotatable bonds is 6. The molecule has 0 aliphatic carbocycles. The minimum Gasteiger partial charge on any atom is -0.351 e. The zero-order valence-corrected chi connectivity index (χ0v) is 11.6. The summed E-state index contributed by atoms with van der Waals surface area (Å²) in [4.78, 5) is 22.3. The van der Waals surface area contributed by atoms with Crippen molar-refractivity contribution in [1.82, 2.24) is 10.6 Å². The molecule has 0 aliphatic heterocycles. The van der Waals surface area contributed by atoms with Gasteiger partial charge in [-0.2, -0.15) is 25.3 Å². The van der Waals surface area contributed by atoms with E-state index in [0.717, 1.165) is 11.1 Å². The van der Waals surface area contributed by atoms with Gasteiger partial charge in [-0.15, -0.1) is 0 Å². The predicted molar refractivity (Wildman–Crippen MR) is 77.8 cm³/mol. The first-order valence-electron chi connectivity index (χ1n) is 5.49. The fraction of sp³-hybridized carbons (Fsp3) is 0.333. The highest BCUT2D eigenvalue weighted by Crippen LogP contribution is 2.08. The summed E-state index contributed by atoms with van der Waals surface area (Å²) in [7, 11) is 0. The van der Waals surface area contributed by atoms with Crippen LogP contribution in [0.15, 0.2) is 24.3 Å². The molecule has 0 bridgehead atoms. The van der Waals surface area contributed by atoms with E-state index >= 15 is 0 Å². The van der Waals surface area contributed by atoms with Crippen molar-refractivity contribution in [2.24, 2.45) is 0 Å². The molecule has 2 N–H and O–H groups in total. The Kier molecular flexibility index (Phi) is 6.67. The van der Waals surface area contributed by atoms with E-state index in [2.05, 4.69) is 35.9 Å². The van der Waals surface area contributed by atoms with Crippen LogP contribution in [0.4, 0.5) is 0 Å². The van der Waals surface area contributed by atoms with Crippen molar-refractivity contribution in [2.45, 2.75) is 13.1 Å². The molecular weight excluding hydrogens is 268 g/mol. The summed E-state index contributed by atoms with van der Waals surface area (Å²) in [6.45, 7) is 0.874. The third-order valence-electron chi connectivity index (χ3n) is 2.36. The van der Waals surface area contributed by atoms with Gasteiger partial charge < -0.3 is 10.6 Å². The first-order chi connectivity index (χ1) is 8.67. The molecule has 0 radical (unpaired) electrons. The van der Waals surface area contributed by atoms with Crippen molar-refractivity contribution in [3.8, 4) is 0 Å². The smallest absolute Gasteiger partial charge is 0.229 e. The van der Waals surface area contributed by atoms with Crippen LogP contribution in [0.1, 0.15) is 11.1 Å². The quantitative estimate of drug-likeness (QED) is 0.584. The van der Waals surface area contributed by atoms with E-state index in [0.29, 0.717) is 13.1 Å². The van der Waals surface area contributed by atoms with Crippen LogP contribution in [0.2, 0.25) is 0 Å². The summed E-state index contributed by atoms with van der Waals surface area (Å²) in [5.41, 5.74) is 1.96. The van der Waals surface area contributed by atoms with E-state index in [1.54, 1.807) is 0 Å². The summed E-state index contributed by atoms with van der Waals surface area (Å²) < 4.78 is 0. The van der Waals surface area contributed by atoms with Gasteiger partial charge in [0.05, 0.1) is 11.5 Å². The minimum absolute atomic E-state index is 0.118. The fourth-order valence-corrected chi connectivity index (χ4v) is 1.63. The van der Waals surface area contributed by atoms with Gasteiger partial charge in [-0.05, 0) is 11.1 Å². The number of thiol groups is 2. The number of carbonyl (C=O) groups excluding carboxylic acids is 2. The van der Waals surface area contributed by atoms with E-state index in [4.69, 9.17) is 0 Å². The largest absolute Gasteiger partial charge is 0.351 e. The number of hydrogen-bond donors (Lipinski definition) is 4. The average Bonchev–Trinajstić information content (AvgIpc) is 2.42. The van der Waals surface area contributed by atoms with E-state index < -0.39 is 0 Å². The number of carbonyl (C=O) groups is 2. The maximum absolute atomic E-state index is 11.1. The summed E-state index contributed by atoms with van der Waals surface area (Å²) in [5.74, 6) is 0.0944. The molecule has 18 heavy (non-hydrogen) atoms.